The van der Waals surface area contributed by atoms with Crippen LogP contribution in [0, 0.1) is 0 Å². The fraction of sp³-hybridized carbons (Fsp3) is 0.857. The van der Waals surface area contributed by atoms with Gasteiger partial charge in [-0.2, -0.15) is 11.8 Å². The van der Waals surface area contributed by atoms with Gasteiger partial charge in [0.1, 0.15) is 0 Å². The molecular formula is C7H14N2OS. The van der Waals surface area contributed by atoms with E-state index in [9.17, 15) is 4.79 Å². The van der Waals surface area contributed by atoms with Gasteiger partial charge in [-0.05, 0) is 6.26 Å². The number of hydrogen-bond donors (Lipinski definition) is 0. The van der Waals surface area contributed by atoms with E-state index in [1.54, 1.807) is 16.7 Å². The van der Waals surface area contributed by atoms with Crippen LogP contribution in [0.1, 0.15) is 0 Å². The Bertz CT molecular complexity index is 151. The predicted molar refractivity (Wildman–Crippen MR) is 48.0 cm³/mol. The van der Waals surface area contributed by atoms with Gasteiger partial charge >= 0.3 is 6.03 Å². The number of nitrogens with zero attached hydrogens (tertiary/aromatic N) is 2. The van der Waals surface area contributed by atoms with Crippen LogP contribution < -0.4 is 0 Å². The average Bonchev–Trinajstić information content (AvgIpc) is 2.31. The van der Waals surface area contributed by atoms with Crippen molar-refractivity contribution in [3.63, 3.8) is 0 Å². The molecule has 0 aromatic heterocycles. The molecule has 0 aliphatic carbocycles. The number of carbonyl (C=O) groups excluding carboxylic acids is 1. The van der Waals surface area contributed by atoms with Crippen molar-refractivity contribution in [1.29, 1.82) is 0 Å². The zero-order valence-corrected chi connectivity index (χ0v) is 7.86. The zero-order valence-electron chi connectivity index (χ0n) is 7.04. The third kappa shape index (κ3) is 2.02. The Morgan fingerprint density at radius 1 is 1.55 bits per heavy atom. The molecule has 4 heteroatoms. The monoisotopic (exact) mass is 174 g/mol. The number of carbonyl (C=O) groups is 1. The minimum atomic E-state index is 0.180. The number of amides is 2. The first kappa shape index (κ1) is 8.71. The molecule has 0 aromatic rings. The van der Waals surface area contributed by atoms with Gasteiger partial charge in [0.25, 0.3) is 0 Å². The smallest absolute Gasteiger partial charge is 0.319 e. The molecule has 1 aliphatic heterocycles. The molecule has 0 radical (unpaired) electrons. The number of hydrogen-bond acceptors (Lipinski definition) is 2. The first-order chi connectivity index (χ1) is 5.25. The molecule has 0 atom stereocenters. The minimum Gasteiger partial charge on any atom is -0.326 e. The lowest BCUT2D eigenvalue weighted by molar-refractivity contribution is 0.201. The number of rotatable bonds is 3. The van der Waals surface area contributed by atoms with Crippen LogP contribution in [-0.2, 0) is 0 Å². The van der Waals surface area contributed by atoms with Crippen molar-refractivity contribution in [1.82, 2.24) is 9.80 Å². The fourth-order valence-corrected chi connectivity index (χ4v) is 1.52. The minimum absolute atomic E-state index is 0.180. The van der Waals surface area contributed by atoms with Crippen LogP contribution in [0.3, 0.4) is 0 Å². The first-order valence-electron chi connectivity index (χ1n) is 3.74. The third-order valence-corrected chi connectivity index (χ3v) is 2.46. The van der Waals surface area contributed by atoms with Gasteiger partial charge in [-0.1, -0.05) is 0 Å². The van der Waals surface area contributed by atoms with Gasteiger partial charge < -0.3 is 9.80 Å². The van der Waals surface area contributed by atoms with Gasteiger partial charge in [-0.15, -0.1) is 0 Å². The largest absolute Gasteiger partial charge is 0.326 e. The standard InChI is InChI=1S/C7H14N2OS/c1-8-3-4-9(7(8)10)5-6-11-2/h3-6H2,1-2H3. The molecule has 0 aromatic carbocycles. The predicted octanol–water partition coefficient (Wildman–Crippen LogP) is 0.717. The van der Waals surface area contributed by atoms with Gasteiger partial charge in [0, 0.05) is 32.4 Å². The van der Waals surface area contributed by atoms with Crippen molar-refractivity contribution in [2.24, 2.45) is 0 Å². The van der Waals surface area contributed by atoms with Gasteiger partial charge in [-0.25, -0.2) is 4.79 Å². The van der Waals surface area contributed by atoms with E-state index in [-0.39, 0.29) is 6.03 Å². The molecule has 0 spiro atoms. The molecule has 1 rings (SSSR count). The summed E-state index contributed by atoms with van der Waals surface area (Å²) >= 11 is 1.78. The molecule has 64 valence electrons. The number of likely N-dealkylation sites (N-methyl/N-ethyl adjacent to an activating group) is 1. The summed E-state index contributed by atoms with van der Waals surface area (Å²) in [5.74, 6) is 1.04. The van der Waals surface area contributed by atoms with Crippen molar-refractivity contribution in [2.45, 2.75) is 0 Å². The molecule has 3 nitrogen and oxygen atoms in total. The molecule has 11 heavy (non-hydrogen) atoms. The Labute approximate surface area is 71.7 Å². The summed E-state index contributed by atoms with van der Waals surface area (Å²) in [4.78, 5) is 14.9. The molecule has 2 amide bonds. The molecule has 0 saturated carbocycles. The summed E-state index contributed by atoms with van der Waals surface area (Å²) in [7, 11) is 1.85. The van der Waals surface area contributed by atoms with E-state index in [2.05, 4.69) is 6.26 Å². The Hall–Kier alpha value is -0.380. The molecule has 0 unspecified atom stereocenters. The van der Waals surface area contributed by atoms with Gasteiger partial charge in [0.2, 0.25) is 0 Å². The SMILES string of the molecule is CSCCN1CCN(C)C1=O. The lowest BCUT2D eigenvalue weighted by atomic mass is 10.6. The van der Waals surface area contributed by atoms with Crippen molar-refractivity contribution in [2.75, 3.05) is 38.7 Å². The van der Waals surface area contributed by atoms with Crippen molar-refractivity contribution in [3.8, 4) is 0 Å². The van der Waals surface area contributed by atoms with E-state index < -0.39 is 0 Å². The normalized spacial score (nSPS) is 18.2. The fourth-order valence-electron chi connectivity index (χ4n) is 1.11. The molecular weight excluding hydrogens is 160 g/mol. The van der Waals surface area contributed by atoms with E-state index in [1.807, 2.05) is 11.9 Å². The lowest BCUT2D eigenvalue weighted by Crippen LogP contribution is -2.31. The highest BCUT2D eigenvalue weighted by Gasteiger charge is 2.23. The van der Waals surface area contributed by atoms with Crippen LogP contribution in [0.15, 0.2) is 0 Å². The van der Waals surface area contributed by atoms with Gasteiger partial charge in [0.15, 0.2) is 0 Å². The number of thioether (sulfide) groups is 1. The Kier molecular flexibility index (Phi) is 3.05. The second-order valence-corrected chi connectivity index (χ2v) is 3.67. The third-order valence-electron chi connectivity index (χ3n) is 1.87. The number of urea groups is 1. The summed E-state index contributed by atoms with van der Waals surface area (Å²) in [6, 6.07) is 0.180. The molecule has 0 N–H and O–H groups in total. The highest BCUT2D eigenvalue weighted by Crippen LogP contribution is 2.06. The molecule has 1 aliphatic rings. The van der Waals surface area contributed by atoms with Crippen molar-refractivity contribution in [3.05, 3.63) is 0 Å². The van der Waals surface area contributed by atoms with Crippen LogP contribution in [0.2, 0.25) is 0 Å². The Morgan fingerprint density at radius 2 is 2.27 bits per heavy atom. The average molecular weight is 174 g/mol. The maximum Gasteiger partial charge on any atom is 0.319 e. The summed E-state index contributed by atoms with van der Waals surface area (Å²) in [5.41, 5.74) is 0. The van der Waals surface area contributed by atoms with Gasteiger partial charge in [0.05, 0.1) is 0 Å². The van der Waals surface area contributed by atoms with E-state index in [0.717, 1.165) is 25.4 Å². The van der Waals surface area contributed by atoms with Crippen LogP contribution in [-0.4, -0.2) is 54.5 Å². The lowest BCUT2D eigenvalue weighted by Gasteiger charge is -2.14. The second kappa shape index (κ2) is 3.85. The summed E-state index contributed by atoms with van der Waals surface area (Å²) in [5, 5.41) is 0. The van der Waals surface area contributed by atoms with Crippen LogP contribution in [0.4, 0.5) is 4.79 Å². The second-order valence-electron chi connectivity index (χ2n) is 2.68. The van der Waals surface area contributed by atoms with Crippen LogP contribution >= 0.6 is 11.8 Å². The van der Waals surface area contributed by atoms with E-state index >= 15 is 0 Å². The summed E-state index contributed by atoms with van der Waals surface area (Å²) in [6.07, 6.45) is 2.06. The summed E-state index contributed by atoms with van der Waals surface area (Å²) < 4.78 is 0. The molecule has 1 fully saturated rings. The molecule has 0 bridgehead atoms. The van der Waals surface area contributed by atoms with Crippen molar-refractivity contribution < 1.29 is 4.79 Å². The van der Waals surface area contributed by atoms with Gasteiger partial charge in [-0.3, -0.25) is 0 Å². The quantitative estimate of drug-likeness (QED) is 0.629. The van der Waals surface area contributed by atoms with E-state index in [4.69, 9.17) is 0 Å². The highest BCUT2D eigenvalue weighted by molar-refractivity contribution is 7.98. The van der Waals surface area contributed by atoms with Crippen molar-refractivity contribution >= 4 is 17.8 Å². The zero-order chi connectivity index (χ0) is 8.27. The Balaban J connectivity index is 2.30. The maximum absolute atomic E-state index is 11.3. The maximum atomic E-state index is 11.3. The molecule has 1 saturated heterocycles. The highest BCUT2D eigenvalue weighted by atomic mass is 32.2. The summed E-state index contributed by atoms with van der Waals surface area (Å²) in [6.45, 7) is 2.67. The van der Waals surface area contributed by atoms with E-state index in [1.165, 1.54) is 0 Å². The van der Waals surface area contributed by atoms with Crippen LogP contribution in [0.25, 0.3) is 0 Å². The first-order valence-corrected chi connectivity index (χ1v) is 5.14. The molecule has 1 heterocycles. The van der Waals surface area contributed by atoms with E-state index in [0.29, 0.717) is 0 Å². The Morgan fingerprint density at radius 3 is 2.73 bits per heavy atom. The van der Waals surface area contributed by atoms with Crippen LogP contribution in [0.5, 0.6) is 0 Å². The topological polar surface area (TPSA) is 23.6 Å².